The minimum Gasteiger partial charge on any atom is -0.342 e. The van der Waals surface area contributed by atoms with Crippen LogP contribution in [0.2, 0.25) is 0 Å². The maximum atomic E-state index is 12.9. The molecule has 1 aliphatic heterocycles. The lowest BCUT2D eigenvalue weighted by atomic mass is 10.1. The molecule has 0 spiro atoms. The lowest BCUT2D eigenvalue weighted by Gasteiger charge is -2.34. The highest BCUT2D eigenvalue weighted by molar-refractivity contribution is 5.96. The Hall–Kier alpha value is -1.56. The van der Waals surface area contributed by atoms with Gasteiger partial charge in [0.2, 0.25) is 0 Å². The molecule has 1 saturated heterocycles. The Kier molecular flexibility index (Phi) is 7.93. The lowest BCUT2D eigenvalue weighted by molar-refractivity contribution is 0.0655. The lowest BCUT2D eigenvalue weighted by Crippen LogP contribution is -2.52. The number of aromatic nitrogens is 2. The van der Waals surface area contributed by atoms with Crippen LogP contribution in [0.5, 0.6) is 0 Å². The molecule has 0 aromatic carbocycles. The summed E-state index contributed by atoms with van der Waals surface area (Å²) < 4.78 is 2.17. The molecule has 2 aromatic heterocycles. The normalized spacial score (nSPS) is 16.8. The van der Waals surface area contributed by atoms with Crippen LogP contribution in [0, 0.1) is 13.8 Å². The van der Waals surface area contributed by atoms with Crippen LogP contribution in [0.25, 0.3) is 0 Å². The number of pyridine rings is 1. The van der Waals surface area contributed by atoms with Crippen molar-refractivity contribution in [1.29, 1.82) is 0 Å². The van der Waals surface area contributed by atoms with E-state index in [1.165, 1.54) is 0 Å². The van der Waals surface area contributed by atoms with E-state index in [0.717, 1.165) is 42.3 Å². The molecule has 1 amide bonds. The molecule has 0 radical (unpaired) electrons. The van der Waals surface area contributed by atoms with Gasteiger partial charge in [-0.1, -0.05) is 6.07 Å². The molecular weight excluding hydrogens is 359 g/mol. The Morgan fingerprint density at radius 2 is 2.08 bits per heavy atom. The van der Waals surface area contributed by atoms with Crippen molar-refractivity contribution in [2.24, 2.45) is 0 Å². The van der Waals surface area contributed by atoms with Crippen molar-refractivity contribution in [3.05, 3.63) is 53.1 Å². The van der Waals surface area contributed by atoms with E-state index in [4.69, 9.17) is 0 Å². The van der Waals surface area contributed by atoms with Crippen molar-refractivity contribution in [2.45, 2.75) is 33.4 Å². The van der Waals surface area contributed by atoms with Crippen molar-refractivity contribution in [1.82, 2.24) is 19.8 Å². The number of rotatable bonds is 3. The fourth-order valence-corrected chi connectivity index (χ4v) is 3.21. The van der Waals surface area contributed by atoms with Gasteiger partial charge in [-0.2, -0.15) is 0 Å². The zero-order valence-corrected chi connectivity index (χ0v) is 16.5. The summed E-state index contributed by atoms with van der Waals surface area (Å²) in [6.07, 6.45) is 1.80. The van der Waals surface area contributed by atoms with Crippen LogP contribution in [0.3, 0.4) is 0 Å². The van der Waals surface area contributed by atoms with E-state index in [1.54, 1.807) is 6.20 Å². The first-order chi connectivity index (χ1) is 11.1. The van der Waals surface area contributed by atoms with Crippen LogP contribution >= 0.6 is 24.8 Å². The van der Waals surface area contributed by atoms with Crippen molar-refractivity contribution in [3.8, 4) is 0 Å². The number of hydrogen-bond acceptors (Lipinski definition) is 3. The quantitative estimate of drug-likeness (QED) is 0.884. The van der Waals surface area contributed by atoms with Crippen LogP contribution < -0.4 is 5.32 Å². The van der Waals surface area contributed by atoms with Crippen LogP contribution in [-0.4, -0.2) is 46.0 Å². The summed E-state index contributed by atoms with van der Waals surface area (Å²) in [6.45, 7) is 9.36. The van der Waals surface area contributed by atoms with Gasteiger partial charge in [0.05, 0.1) is 17.8 Å². The molecule has 1 fully saturated rings. The molecule has 7 heteroatoms. The number of carbonyl (C=O) groups is 1. The monoisotopic (exact) mass is 384 g/mol. The molecule has 0 unspecified atom stereocenters. The first-order valence-corrected chi connectivity index (χ1v) is 8.16. The minimum absolute atomic E-state index is 0. The number of carbonyl (C=O) groups excluding carboxylic acids is 1. The van der Waals surface area contributed by atoms with Gasteiger partial charge < -0.3 is 14.8 Å². The average molecular weight is 385 g/mol. The van der Waals surface area contributed by atoms with Crippen molar-refractivity contribution in [2.75, 3.05) is 19.6 Å². The highest BCUT2D eigenvalue weighted by atomic mass is 35.5. The Morgan fingerprint density at radius 1 is 1.32 bits per heavy atom. The van der Waals surface area contributed by atoms with Gasteiger partial charge in [-0.15, -0.1) is 24.8 Å². The standard InChI is InChI=1S/C18H24N4O.2ClH/c1-13-10-17(18(23)21-9-8-19-11-14(21)2)15(3)22(13)12-16-6-4-5-7-20-16;;/h4-7,10,14,19H,8-9,11-12H2,1-3H3;2*1H/t14-;;/m0../s1. The summed E-state index contributed by atoms with van der Waals surface area (Å²) in [7, 11) is 0. The Morgan fingerprint density at radius 3 is 2.72 bits per heavy atom. The second-order valence-electron chi connectivity index (χ2n) is 6.24. The van der Waals surface area contributed by atoms with Crippen LogP contribution in [-0.2, 0) is 6.54 Å². The van der Waals surface area contributed by atoms with Crippen LogP contribution in [0.4, 0.5) is 0 Å². The highest BCUT2D eigenvalue weighted by Crippen LogP contribution is 2.20. The molecule has 1 N–H and O–H groups in total. The largest absolute Gasteiger partial charge is 0.342 e. The highest BCUT2D eigenvalue weighted by Gasteiger charge is 2.26. The summed E-state index contributed by atoms with van der Waals surface area (Å²) >= 11 is 0. The summed E-state index contributed by atoms with van der Waals surface area (Å²) in [5.41, 5.74) is 3.93. The predicted molar refractivity (Wildman–Crippen MR) is 105 cm³/mol. The molecule has 5 nitrogen and oxygen atoms in total. The Balaban J connectivity index is 0.00000156. The van der Waals surface area contributed by atoms with E-state index < -0.39 is 0 Å². The number of amides is 1. The van der Waals surface area contributed by atoms with Gasteiger partial charge in [0.25, 0.3) is 5.91 Å². The first-order valence-electron chi connectivity index (χ1n) is 8.16. The van der Waals surface area contributed by atoms with E-state index in [9.17, 15) is 4.79 Å². The van der Waals surface area contributed by atoms with Crippen molar-refractivity contribution < 1.29 is 4.79 Å². The van der Waals surface area contributed by atoms with Gasteiger partial charge in [-0.3, -0.25) is 9.78 Å². The zero-order chi connectivity index (χ0) is 16.4. The fourth-order valence-electron chi connectivity index (χ4n) is 3.21. The maximum absolute atomic E-state index is 12.9. The molecular formula is C18H26Cl2N4O. The minimum atomic E-state index is 0. The van der Waals surface area contributed by atoms with E-state index >= 15 is 0 Å². The Bertz CT molecular complexity index is 703. The Labute approximate surface area is 161 Å². The molecule has 138 valence electrons. The van der Waals surface area contributed by atoms with Gasteiger partial charge in [0, 0.05) is 43.3 Å². The average Bonchev–Trinajstić information content (AvgIpc) is 2.84. The molecule has 0 bridgehead atoms. The number of piperazine rings is 1. The molecule has 0 saturated carbocycles. The van der Waals surface area contributed by atoms with Gasteiger partial charge in [-0.25, -0.2) is 0 Å². The summed E-state index contributed by atoms with van der Waals surface area (Å²) in [5.74, 6) is 0.138. The summed E-state index contributed by atoms with van der Waals surface area (Å²) in [6, 6.07) is 8.16. The fraction of sp³-hybridized carbons (Fsp3) is 0.444. The van der Waals surface area contributed by atoms with E-state index in [2.05, 4.69) is 21.8 Å². The number of halogens is 2. The number of nitrogens with one attached hydrogen (secondary N) is 1. The van der Waals surface area contributed by atoms with Gasteiger partial charge in [0.15, 0.2) is 0 Å². The van der Waals surface area contributed by atoms with Gasteiger partial charge in [0.1, 0.15) is 0 Å². The molecule has 3 heterocycles. The van der Waals surface area contributed by atoms with Gasteiger partial charge >= 0.3 is 0 Å². The third-order valence-electron chi connectivity index (χ3n) is 4.61. The molecule has 1 atom stereocenters. The molecule has 2 aromatic rings. The second-order valence-corrected chi connectivity index (χ2v) is 6.24. The van der Waals surface area contributed by atoms with Gasteiger partial charge in [-0.05, 0) is 39.0 Å². The maximum Gasteiger partial charge on any atom is 0.256 e. The smallest absolute Gasteiger partial charge is 0.256 e. The molecule has 3 rings (SSSR count). The third-order valence-corrected chi connectivity index (χ3v) is 4.61. The second kappa shape index (κ2) is 9.22. The zero-order valence-electron chi connectivity index (χ0n) is 14.9. The van der Waals surface area contributed by atoms with Crippen LogP contribution in [0.1, 0.15) is 34.4 Å². The number of aryl methyl sites for hydroxylation is 1. The van der Waals surface area contributed by atoms with Crippen molar-refractivity contribution in [3.63, 3.8) is 0 Å². The van der Waals surface area contributed by atoms with Crippen molar-refractivity contribution >= 4 is 30.7 Å². The first kappa shape index (κ1) is 21.5. The predicted octanol–water partition coefficient (Wildman–Crippen LogP) is 2.83. The topological polar surface area (TPSA) is 50.2 Å². The molecule has 25 heavy (non-hydrogen) atoms. The molecule has 1 aliphatic rings. The summed E-state index contributed by atoms with van der Waals surface area (Å²) in [5, 5.41) is 3.33. The van der Waals surface area contributed by atoms with E-state index in [-0.39, 0.29) is 36.8 Å². The number of nitrogens with zero attached hydrogens (tertiary/aromatic N) is 3. The molecule has 0 aliphatic carbocycles. The summed E-state index contributed by atoms with van der Waals surface area (Å²) in [4.78, 5) is 19.3. The number of hydrogen-bond donors (Lipinski definition) is 1. The van der Waals surface area contributed by atoms with Crippen LogP contribution in [0.15, 0.2) is 30.5 Å². The van der Waals surface area contributed by atoms with E-state index in [0.29, 0.717) is 6.54 Å². The van der Waals surface area contributed by atoms with E-state index in [1.807, 2.05) is 43.0 Å². The third kappa shape index (κ3) is 4.54. The SMILES string of the molecule is Cc1cc(C(=O)N2CCNC[C@@H]2C)c(C)n1Cc1ccccn1.Cl.Cl.